The molecule has 3 rings (SSSR count). The lowest BCUT2D eigenvalue weighted by Crippen LogP contribution is -2.18. The van der Waals surface area contributed by atoms with Crippen LogP contribution in [-0.4, -0.2) is 23.0 Å². The molecule has 0 atom stereocenters. The van der Waals surface area contributed by atoms with Gasteiger partial charge in [0, 0.05) is 29.8 Å². The van der Waals surface area contributed by atoms with Crippen LogP contribution in [0.15, 0.2) is 64.1 Å². The molecule has 0 aliphatic rings. The molecule has 30 heavy (non-hydrogen) atoms. The molecule has 9 nitrogen and oxygen atoms in total. The maximum atomic E-state index is 13.5. The minimum absolute atomic E-state index is 0.259. The van der Waals surface area contributed by atoms with Gasteiger partial charge < -0.3 is 9.73 Å². The van der Waals surface area contributed by atoms with Gasteiger partial charge in [-0.3, -0.25) is 19.7 Å². The Morgan fingerprint density at radius 2 is 1.97 bits per heavy atom. The second-order valence-electron chi connectivity index (χ2n) is 6.09. The number of amides is 2. The molecule has 0 saturated carbocycles. The van der Waals surface area contributed by atoms with Crippen LogP contribution in [0.1, 0.15) is 23.0 Å². The van der Waals surface area contributed by atoms with E-state index in [1.165, 1.54) is 37.4 Å². The van der Waals surface area contributed by atoms with Crippen molar-refractivity contribution in [3.8, 4) is 11.3 Å². The minimum Gasteiger partial charge on any atom is -0.455 e. The highest BCUT2D eigenvalue weighted by Crippen LogP contribution is 2.27. The topological polar surface area (TPSA) is 127 Å². The number of nitrogens with zero attached hydrogens (tertiary/aromatic N) is 2. The van der Waals surface area contributed by atoms with E-state index in [4.69, 9.17) is 4.42 Å². The number of nitro groups is 1. The van der Waals surface area contributed by atoms with Crippen LogP contribution in [0, 0.1) is 15.9 Å². The fourth-order valence-electron chi connectivity index (χ4n) is 2.54. The number of benzene rings is 2. The second kappa shape index (κ2) is 8.78. The number of carbonyl (C=O) groups excluding carboxylic acids is 2. The summed E-state index contributed by atoms with van der Waals surface area (Å²) in [6.45, 7) is 1.36. The molecule has 0 aliphatic carbocycles. The van der Waals surface area contributed by atoms with Crippen molar-refractivity contribution in [2.75, 3.05) is 5.32 Å². The van der Waals surface area contributed by atoms with Crippen LogP contribution in [-0.2, 0) is 4.79 Å². The van der Waals surface area contributed by atoms with Gasteiger partial charge in [-0.2, -0.15) is 9.49 Å². The Hall–Kier alpha value is -4.34. The summed E-state index contributed by atoms with van der Waals surface area (Å²) in [6, 6.07) is 12.8. The number of hydrogen-bond acceptors (Lipinski definition) is 6. The number of carbonyl (C=O) groups is 2. The summed E-state index contributed by atoms with van der Waals surface area (Å²) in [6.07, 6.45) is 1.25. The first-order valence-corrected chi connectivity index (χ1v) is 8.58. The number of nitro benzene ring substituents is 1. The lowest BCUT2D eigenvalue weighted by molar-refractivity contribution is -0.387. The van der Waals surface area contributed by atoms with Gasteiger partial charge in [0.15, 0.2) is 0 Å². The van der Waals surface area contributed by atoms with Crippen LogP contribution in [0.25, 0.3) is 11.3 Å². The average molecular weight is 410 g/mol. The van der Waals surface area contributed by atoms with Crippen LogP contribution in [0.2, 0.25) is 0 Å². The lowest BCUT2D eigenvalue weighted by Gasteiger charge is -2.04. The van der Waals surface area contributed by atoms with E-state index in [0.717, 1.165) is 12.1 Å². The van der Waals surface area contributed by atoms with Gasteiger partial charge in [-0.05, 0) is 42.5 Å². The van der Waals surface area contributed by atoms with E-state index in [2.05, 4.69) is 15.8 Å². The van der Waals surface area contributed by atoms with E-state index in [1.54, 1.807) is 18.2 Å². The molecule has 1 aromatic heterocycles. The predicted molar refractivity (Wildman–Crippen MR) is 107 cm³/mol. The van der Waals surface area contributed by atoms with E-state index >= 15 is 0 Å². The molecule has 2 N–H and O–H groups in total. The average Bonchev–Trinajstić information content (AvgIpc) is 3.16. The quantitative estimate of drug-likeness (QED) is 0.364. The summed E-state index contributed by atoms with van der Waals surface area (Å²) in [5, 5.41) is 17.2. The van der Waals surface area contributed by atoms with Crippen LogP contribution in [0.5, 0.6) is 0 Å². The maximum Gasteiger partial charge on any atom is 0.305 e. The zero-order chi connectivity index (χ0) is 21.7. The maximum absolute atomic E-state index is 13.5. The Labute approximate surface area is 169 Å². The van der Waals surface area contributed by atoms with Crippen molar-refractivity contribution >= 4 is 29.4 Å². The summed E-state index contributed by atoms with van der Waals surface area (Å²) in [5.74, 6) is -1.16. The first-order chi connectivity index (χ1) is 14.3. The van der Waals surface area contributed by atoms with Crippen LogP contribution < -0.4 is 10.7 Å². The number of anilines is 1. The van der Waals surface area contributed by atoms with Gasteiger partial charge >= 0.3 is 5.69 Å². The number of nitrogens with one attached hydrogen (secondary N) is 2. The number of hydrazone groups is 1. The molecule has 3 aromatic rings. The fourth-order valence-corrected chi connectivity index (χ4v) is 2.54. The van der Waals surface area contributed by atoms with E-state index in [1.807, 2.05) is 0 Å². The predicted octanol–water partition coefficient (Wildman–Crippen LogP) is 3.72. The van der Waals surface area contributed by atoms with Gasteiger partial charge in [0.1, 0.15) is 11.5 Å². The first kappa shape index (κ1) is 20.4. The van der Waals surface area contributed by atoms with Gasteiger partial charge in [-0.15, -0.1) is 0 Å². The highest BCUT2D eigenvalue weighted by Gasteiger charge is 2.16. The highest BCUT2D eigenvalue weighted by atomic mass is 19.1. The van der Waals surface area contributed by atoms with Crippen LogP contribution in [0.3, 0.4) is 0 Å². The number of halogens is 1. The van der Waals surface area contributed by atoms with Crippen molar-refractivity contribution in [2.24, 2.45) is 5.10 Å². The fraction of sp³-hybridized carbons (Fsp3) is 0.0500. The molecule has 0 radical (unpaired) electrons. The summed E-state index contributed by atoms with van der Waals surface area (Å²) in [4.78, 5) is 33.3. The van der Waals surface area contributed by atoms with E-state index in [9.17, 15) is 24.1 Å². The Morgan fingerprint density at radius 1 is 1.17 bits per heavy atom. The first-order valence-electron chi connectivity index (χ1n) is 8.58. The van der Waals surface area contributed by atoms with Crippen molar-refractivity contribution in [2.45, 2.75) is 6.92 Å². The van der Waals surface area contributed by atoms with Crippen LogP contribution in [0.4, 0.5) is 15.8 Å². The van der Waals surface area contributed by atoms with Crippen molar-refractivity contribution in [3.05, 3.63) is 81.9 Å². The molecule has 0 aliphatic heterocycles. The summed E-state index contributed by atoms with van der Waals surface area (Å²) in [5.41, 5.74) is 2.75. The van der Waals surface area contributed by atoms with Gasteiger partial charge in [-0.25, -0.2) is 5.43 Å². The lowest BCUT2D eigenvalue weighted by atomic mass is 10.1. The van der Waals surface area contributed by atoms with Crippen molar-refractivity contribution in [3.63, 3.8) is 0 Å². The third-order valence-electron chi connectivity index (χ3n) is 3.86. The Balaban J connectivity index is 1.68. The molecule has 0 saturated heterocycles. The highest BCUT2D eigenvalue weighted by molar-refractivity contribution is 5.97. The number of furan rings is 1. The van der Waals surface area contributed by atoms with E-state index in [0.29, 0.717) is 11.3 Å². The van der Waals surface area contributed by atoms with Gasteiger partial charge in [0.25, 0.3) is 5.91 Å². The molecule has 0 spiro atoms. The molecule has 10 heteroatoms. The van der Waals surface area contributed by atoms with Crippen molar-refractivity contribution in [1.29, 1.82) is 0 Å². The van der Waals surface area contributed by atoms with Crippen molar-refractivity contribution < 1.29 is 23.3 Å². The Kier molecular flexibility index (Phi) is 5.97. The molecular weight excluding hydrogens is 395 g/mol. The molecular formula is C20H15FN4O5. The molecule has 0 fully saturated rings. The Bertz CT molecular complexity index is 1160. The largest absolute Gasteiger partial charge is 0.455 e. The molecule has 152 valence electrons. The molecule has 1 heterocycles. The smallest absolute Gasteiger partial charge is 0.305 e. The number of hydrogen-bond donors (Lipinski definition) is 2. The van der Waals surface area contributed by atoms with Crippen LogP contribution >= 0.6 is 0 Å². The molecule has 0 unspecified atom stereocenters. The summed E-state index contributed by atoms with van der Waals surface area (Å²) < 4.78 is 19.0. The van der Waals surface area contributed by atoms with E-state index < -0.39 is 22.3 Å². The monoisotopic (exact) mass is 410 g/mol. The number of rotatable bonds is 6. The summed E-state index contributed by atoms with van der Waals surface area (Å²) >= 11 is 0. The third-order valence-corrected chi connectivity index (χ3v) is 3.86. The minimum atomic E-state index is -0.942. The normalized spacial score (nSPS) is 10.7. The summed E-state index contributed by atoms with van der Waals surface area (Å²) in [7, 11) is 0. The van der Waals surface area contributed by atoms with Gasteiger partial charge in [-0.1, -0.05) is 6.07 Å². The SMILES string of the molecule is CC(=O)Nc1cccc(C(=O)N/N=C\c2ccc(-c3ccc(F)c([N+](=O)[O-])c3)o2)c1. The zero-order valence-electron chi connectivity index (χ0n) is 15.6. The molecule has 2 aromatic carbocycles. The standard InChI is InChI=1S/C20H15FN4O5/c1-12(26)23-15-4-2-3-14(9-15)20(27)24-22-11-16-6-8-19(30-16)13-5-7-17(21)18(10-13)25(28)29/h2-11H,1H3,(H,23,26)(H,24,27)/b22-11-. The van der Waals surface area contributed by atoms with Gasteiger partial charge in [0.05, 0.1) is 11.1 Å². The molecule has 0 bridgehead atoms. The molecule has 2 amide bonds. The van der Waals surface area contributed by atoms with E-state index in [-0.39, 0.29) is 23.0 Å². The Morgan fingerprint density at radius 3 is 2.70 bits per heavy atom. The van der Waals surface area contributed by atoms with Crippen molar-refractivity contribution in [1.82, 2.24) is 5.43 Å². The third kappa shape index (κ3) is 4.93. The second-order valence-corrected chi connectivity index (χ2v) is 6.09. The van der Waals surface area contributed by atoms with Gasteiger partial charge in [0.2, 0.25) is 11.7 Å². The zero-order valence-corrected chi connectivity index (χ0v) is 15.6.